The van der Waals surface area contributed by atoms with E-state index in [9.17, 15) is 4.79 Å². The fourth-order valence-electron chi connectivity index (χ4n) is 2.68. The minimum absolute atomic E-state index is 0.229. The lowest BCUT2D eigenvalue weighted by molar-refractivity contribution is 0.0998. The van der Waals surface area contributed by atoms with Gasteiger partial charge in [0.1, 0.15) is 5.58 Å². The van der Waals surface area contributed by atoms with Crippen molar-refractivity contribution in [2.45, 2.75) is 0 Å². The number of hydrogen-bond donors (Lipinski definition) is 1. The normalized spacial score (nSPS) is 11.1. The Kier molecular flexibility index (Phi) is 3.68. The summed E-state index contributed by atoms with van der Waals surface area (Å²) >= 11 is 12.0. The molecule has 118 valence electrons. The molecule has 1 N–H and O–H groups in total. The minimum Gasteiger partial charge on any atom is -0.451 e. The lowest BCUT2D eigenvalue weighted by Gasteiger charge is -2.05. The summed E-state index contributed by atoms with van der Waals surface area (Å²) in [5.41, 5.74) is 1.15. The van der Waals surface area contributed by atoms with Gasteiger partial charge in [0.25, 0.3) is 5.91 Å². The second-order valence-corrected chi connectivity index (χ2v) is 6.23. The van der Waals surface area contributed by atoms with Crippen LogP contribution in [-0.4, -0.2) is 5.91 Å². The van der Waals surface area contributed by atoms with E-state index in [0.29, 0.717) is 21.3 Å². The largest absolute Gasteiger partial charge is 0.451 e. The Morgan fingerprint density at radius 1 is 0.917 bits per heavy atom. The molecule has 4 aromatic rings. The summed E-state index contributed by atoms with van der Waals surface area (Å²) in [5, 5.41) is 6.66. The van der Waals surface area contributed by atoms with Gasteiger partial charge in [0.2, 0.25) is 0 Å². The first-order chi connectivity index (χ1) is 11.6. The summed E-state index contributed by atoms with van der Waals surface area (Å²) in [4.78, 5) is 12.5. The van der Waals surface area contributed by atoms with E-state index in [-0.39, 0.29) is 11.7 Å². The molecule has 0 saturated carbocycles. The van der Waals surface area contributed by atoms with Gasteiger partial charge in [-0.25, -0.2) is 0 Å². The third kappa shape index (κ3) is 2.62. The molecule has 0 bridgehead atoms. The SMILES string of the molecule is O=C(Nc1ccc(Cl)cc1Cl)c1cc2c(ccc3ccccc32)o1. The van der Waals surface area contributed by atoms with Crippen molar-refractivity contribution >= 4 is 56.5 Å². The van der Waals surface area contributed by atoms with E-state index < -0.39 is 0 Å². The van der Waals surface area contributed by atoms with Gasteiger partial charge in [0.15, 0.2) is 5.76 Å². The number of amides is 1. The highest BCUT2D eigenvalue weighted by Gasteiger charge is 2.15. The van der Waals surface area contributed by atoms with Crippen molar-refractivity contribution in [1.29, 1.82) is 0 Å². The fraction of sp³-hybridized carbons (Fsp3) is 0. The van der Waals surface area contributed by atoms with Gasteiger partial charge in [-0.1, -0.05) is 53.5 Å². The van der Waals surface area contributed by atoms with Crippen LogP contribution in [0.25, 0.3) is 21.7 Å². The van der Waals surface area contributed by atoms with Crippen molar-refractivity contribution in [2.75, 3.05) is 5.32 Å². The highest BCUT2D eigenvalue weighted by atomic mass is 35.5. The van der Waals surface area contributed by atoms with Gasteiger partial charge >= 0.3 is 0 Å². The summed E-state index contributed by atoms with van der Waals surface area (Å²) in [6.45, 7) is 0. The zero-order valence-corrected chi connectivity index (χ0v) is 13.9. The Hall–Kier alpha value is -2.49. The maximum atomic E-state index is 12.5. The van der Waals surface area contributed by atoms with Crippen LogP contribution in [0, 0.1) is 0 Å². The molecule has 0 spiro atoms. The van der Waals surface area contributed by atoms with Crippen LogP contribution in [-0.2, 0) is 0 Å². The van der Waals surface area contributed by atoms with Gasteiger partial charge in [-0.2, -0.15) is 0 Å². The Morgan fingerprint density at radius 3 is 2.58 bits per heavy atom. The Balaban J connectivity index is 1.73. The van der Waals surface area contributed by atoms with E-state index >= 15 is 0 Å². The number of fused-ring (bicyclic) bond motifs is 3. The number of halogens is 2. The van der Waals surface area contributed by atoms with Crippen LogP contribution in [0.1, 0.15) is 10.6 Å². The van der Waals surface area contributed by atoms with Gasteiger partial charge in [-0.3, -0.25) is 4.79 Å². The molecule has 3 nitrogen and oxygen atoms in total. The van der Waals surface area contributed by atoms with E-state index in [0.717, 1.165) is 16.2 Å². The van der Waals surface area contributed by atoms with Crippen LogP contribution in [0.5, 0.6) is 0 Å². The maximum absolute atomic E-state index is 12.5. The lowest BCUT2D eigenvalue weighted by atomic mass is 10.1. The Morgan fingerprint density at radius 2 is 1.75 bits per heavy atom. The van der Waals surface area contributed by atoms with Gasteiger partial charge in [0.05, 0.1) is 10.7 Å². The zero-order chi connectivity index (χ0) is 16.7. The van der Waals surface area contributed by atoms with E-state index in [2.05, 4.69) is 5.32 Å². The van der Waals surface area contributed by atoms with Crippen LogP contribution in [0.3, 0.4) is 0 Å². The third-order valence-electron chi connectivity index (χ3n) is 3.83. The topological polar surface area (TPSA) is 42.2 Å². The summed E-state index contributed by atoms with van der Waals surface area (Å²) < 4.78 is 5.69. The molecule has 3 aromatic carbocycles. The molecule has 0 radical (unpaired) electrons. The third-order valence-corrected chi connectivity index (χ3v) is 4.38. The molecule has 1 aromatic heterocycles. The first kappa shape index (κ1) is 15.1. The molecule has 5 heteroatoms. The molecule has 24 heavy (non-hydrogen) atoms. The number of benzene rings is 3. The van der Waals surface area contributed by atoms with Gasteiger partial charge in [-0.05, 0) is 41.1 Å². The molecular formula is C19H11Cl2NO2. The summed E-state index contributed by atoms with van der Waals surface area (Å²) in [7, 11) is 0. The predicted molar refractivity (Wildman–Crippen MR) is 98.1 cm³/mol. The van der Waals surface area contributed by atoms with Gasteiger partial charge in [-0.15, -0.1) is 0 Å². The number of hydrogen-bond acceptors (Lipinski definition) is 2. The molecule has 0 unspecified atom stereocenters. The van der Waals surface area contributed by atoms with Crippen LogP contribution >= 0.6 is 23.2 Å². The number of rotatable bonds is 2. The summed E-state index contributed by atoms with van der Waals surface area (Å²) in [6.07, 6.45) is 0. The van der Waals surface area contributed by atoms with Crippen molar-refractivity contribution in [1.82, 2.24) is 0 Å². The molecule has 0 fully saturated rings. The van der Waals surface area contributed by atoms with Crippen molar-refractivity contribution in [3.05, 3.63) is 76.5 Å². The highest BCUT2D eigenvalue weighted by Crippen LogP contribution is 2.30. The van der Waals surface area contributed by atoms with Crippen molar-refractivity contribution in [2.24, 2.45) is 0 Å². The maximum Gasteiger partial charge on any atom is 0.291 e. The number of carbonyl (C=O) groups is 1. The fourth-order valence-corrected chi connectivity index (χ4v) is 3.13. The number of furan rings is 1. The van der Waals surface area contributed by atoms with E-state index in [1.807, 2.05) is 36.4 Å². The average molecular weight is 356 g/mol. The molecular weight excluding hydrogens is 345 g/mol. The summed E-state index contributed by atoms with van der Waals surface area (Å²) in [5.74, 6) is -0.133. The van der Waals surface area contributed by atoms with Crippen LogP contribution < -0.4 is 5.32 Å². The number of nitrogens with one attached hydrogen (secondary N) is 1. The molecule has 0 atom stereocenters. The second-order valence-electron chi connectivity index (χ2n) is 5.39. The van der Waals surface area contributed by atoms with E-state index in [1.54, 1.807) is 24.3 Å². The number of anilines is 1. The van der Waals surface area contributed by atoms with E-state index in [4.69, 9.17) is 27.6 Å². The van der Waals surface area contributed by atoms with Gasteiger partial charge in [0, 0.05) is 10.4 Å². The van der Waals surface area contributed by atoms with Crippen LogP contribution in [0.2, 0.25) is 10.0 Å². The molecule has 1 heterocycles. The van der Waals surface area contributed by atoms with Crippen molar-refractivity contribution < 1.29 is 9.21 Å². The smallest absolute Gasteiger partial charge is 0.291 e. The molecule has 0 aliphatic heterocycles. The standard InChI is InChI=1S/C19H11Cl2NO2/c20-12-6-7-16(15(21)9-12)22-19(23)18-10-14-13-4-2-1-3-11(13)5-8-17(14)24-18/h1-10H,(H,22,23). The minimum atomic E-state index is -0.362. The van der Waals surface area contributed by atoms with Crippen molar-refractivity contribution in [3.63, 3.8) is 0 Å². The van der Waals surface area contributed by atoms with Gasteiger partial charge < -0.3 is 9.73 Å². The second kappa shape index (κ2) is 5.86. The van der Waals surface area contributed by atoms with E-state index in [1.165, 1.54) is 0 Å². The number of carbonyl (C=O) groups excluding carboxylic acids is 1. The molecule has 0 aliphatic rings. The molecule has 4 rings (SSSR count). The molecule has 1 amide bonds. The first-order valence-electron chi connectivity index (χ1n) is 7.29. The first-order valence-corrected chi connectivity index (χ1v) is 8.05. The Bertz CT molecular complexity index is 1090. The zero-order valence-electron chi connectivity index (χ0n) is 12.3. The predicted octanol–water partition coefficient (Wildman–Crippen LogP) is 6.15. The monoisotopic (exact) mass is 355 g/mol. The quantitative estimate of drug-likeness (QED) is 0.468. The van der Waals surface area contributed by atoms with Crippen LogP contribution in [0.15, 0.2) is 65.1 Å². The molecule has 0 aliphatic carbocycles. The average Bonchev–Trinajstić information content (AvgIpc) is 3.02. The molecule has 0 saturated heterocycles. The highest BCUT2D eigenvalue weighted by molar-refractivity contribution is 6.36. The van der Waals surface area contributed by atoms with Crippen molar-refractivity contribution in [3.8, 4) is 0 Å². The lowest BCUT2D eigenvalue weighted by Crippen LogP contribution is -2.11. The van der Waals surface area contributed by atoms with Crippen LogP contribution in [0.4, 0.5) is 5.69 Å². The Labute approximate surface area is 147 Å². The summed E-state index contributed by atoms with van der Waals surface area (Å²) in [6, 6.07) is 18.4.